The Morgan fingerprint density at radius 2 is 1.81 bits per heavy atom. The first-order valence-electron chi connectivity index (χ1n) is 4.71. The summed E-state index contributed by atoms with van der Waals surface area (Å²) in [6.45, 7) is 0. The lowest BCUT2D eigenvalue weighted by molar-refractivity contribution is -0.106. The highest BCUT2D eigenvalue weighted by molar-refractivity contribution is 7.91. The largest absolute Gasteiger partial charge is 0.402 e. The summed E-state index contributed by atoms with van der Waals surface area (Å²) >= 11 is 0. The van der Waals surface area contributed by atoms with Crippen LogP contribution in [-0.2, 0) is 9.84 Å². The third-order valence-electron chi connectivity index (χ3n) is 2.46. The van der Waals surface area contributed by atoms with Crippen LogP contribution in [0, 0.1) is 5.92 Å². The number of hydrogen-bond donors (Lipinski definition) is 1. The highest BCUT2D eigenvalue weighted by Gasteiger charge is 2.37. The molecule has 0 radical (unpaired) electrons. The Kier molecular flexibility index (Phi) is 5.55. The predicted molar refractivity (Wildman–Crippen MR) is 57.3 cm³/mol. The van der Waals surface area contributed by atoms with Crippen molar-refractivity contribution in [2.45, 2.75) is 31.5 Å². The molecule has 0 spiro atoms. The van der Waals surface area contributed by atoms with E-state index in [0.717, 1.165) is 0 Å². The molecule has 8 heteroatoms. The van der Waals surface area contributed by atoms with Crippen molar-refractivity contribution < 1.29 is 21.6 Å². The zero-order valence-electron chi connectivity index (χ0n) is 8.53. The fraction of sp³-hybridized carbons (Fsp3) is 1.00. The van der Waals surface area contributed by atoms with Gasteiger partial charge in [0.15, 0.2) is 9.84 Å². The number of sulfone groups is 1. The van der Waals surface area contributed by atoms with Gasteiger partial charge in [-0.3, -0.25) is 0 Å². The molecule has 2 N–H and O–H groups in total. The zero-order chi connectivity index (χ0) is 11.7. The summed E-state index contributed by atoms with van der Waals surface area (Å²) in [5.41, 5.74) is 5.55. The summed E-state index contributed by atoms with van der Waals surface area (Å²) in [4.78, 5) is 0. The molecule has 1 saturated carbocycles. The minimum atomic E-state index is -4.64. The molecular formula is C8H15ClF3NO2S. The Balaban J connectivity index is 0.00000225. The van der Waals surface area contributed by atoms with Gasteiger partial charge in [0.25, 0.3) is 0 Å². The molecule has 0 aromatic carbocycles. The van der Waals surface area contributed by atoms with Crippen molar-refractivity contribution in [3.8, 4) is 0 Å². The monoisotopic (exact) mass is 281 g/mol. The average Bonchev–Trinajstić information content (AvgIpc) is 2.27. The molecule has 0 aromatic heterocycles. The number of hydrogen-bond acceptors (Lipinski definition) is 3. The molecule has 1 aliphatic rings. The molecule has 2 atom stereocenters. The van der Waals surface area contributed by atoms with Gasteiger partial charge in [-0.05, 0) is 25.2 Å². The highest BCUT2D eigenvalue weighted by atomic mass is 35.5. The fourth-order valence-corrected chi connectivity index (χ4v) is 3.57. The van der Waals surface area contributed by atoms with Crippen LogP contribution >= 0.6 is 12.4 Å². The standard InChI is InChI=1S/C8H14F3NO2S.ClH/c9-8(10,11)5-15(13,14)4-6-1-2-7(12)3-6;/h6-7H,1-5,12H2;1H/t6-,7+;/m0./s1. The first-order chi connectivity index (χ1) is 6.68. The molecule has 1 aliphatic carbocycles. The zero-order valence-corrected chi connectivity index (χ0v) is 10.2. The molecular weight excluding hydrogens is 267 g/mol. The number of rotatable bonds is 3. The van der Waals surface area contributed by atoms with Crippen LogP contribution in [0.2, 0.25) is 0 Å². The van der Waals surface area contributed by atoms with Crippen LogP contribution in [0.1, 0.15) is 19.3 Å². The summed E-state index contributed by atoms with van der Waals surface area (Å²) in [6.07, 6.45) is -2.82. The first-order valence-corrected chi connectivity index (χ1v) is 6.53. The lowest BCUT2D eigenvalue weighted by atomic mass is 10.1. The van der Waals surface area contributed by atoms with Crippen molar-refractivity contribution in [3.05, 3.63) is 0 Å². The van der Waals surface area contributed by atoms with Crippen molar-refractivity contribution in [1.29, 1.82) is 0 Å². The van der Waals surface area contributed by atoms with E-state index in [1.807, 2.05) is 0 Å². The summed E-state index contributed by atoms with van der Waals surface area (Å²) in [6, 6.07) is -0.0592. The van der Waals surface area contributed by atoms with Gasteiger partial charge in [0.1, 0.15) is 5.75 Å². The van der Waals surface area contributed by atoms with Gasteiger partial charge in [0.05, 0.1) is 5.75 Å². The van der Waals surface area contributed by atoms with E-state index in [-0.39, 0.29) is 30.1 Å². The van der Waals surface area contributed by atoms with Crippen LogP contribution in [0.4, 0.5) is 13.2 Å². The van der Waals surface area contributed by atoms with Gasteiger partial charge in [0, 0.05) is 6.04 Å². The summed E-state index contributed by atoms with van der Waals surface area (Å²) in [5, 5.41) is 0. The topological polar surface area (TPSA) is 60.2 Å². The molecule has 0 amide bonds. The molecule has 0 unspecified atom stereocenters. The molecule has 98 valence electrons. The molecule has 1 rings (SSSR count). The normalized spacial score (nSPS) is 26.5. The third kappa shape index (κ3) is 5.91. The summed E-state index contributed by atoms with van der Waals surface area (Å²) in [7, 11) is -4.03. The second kappa shape index (κ2) is 5.55. The second-order valence-corrected chi connectivity index (χ2v) is 6.22. The maximum atomic E-state index is 11.9. The SMILES string of the molecule is Cl.N[C@@H]1CC[C@H](CS(=O)(=O)CC(F)(F)F)C1. The molecule has 0 aliphatic heterocycles. The van der Waals surface area contributed by atoms with E-state index >= 15 is 0 Å². The van der Waals surface area contributed by atoms with Crippen LogP contribution in [0.15, 0.2) is 0 Å². The van der Waals surface area contributed by atoms with Crippen LogP contribution in [-0.4, -0.2) is 32.1 Å². The number of nitrogens with two attached hydrogens (primary N) is 1. The van der Waals surface area contributed by atoms with Gasteiger partial charge >= 0.3 is 6.18 Å². The average molecular weight is 282 g/mol. The lowest BCUT2D eigenvalue weighted by Gasteiger charge is -2.11. The minimum absolute atomic E-state index is 0. The van der Waals surface area contributed by atoms with Gasteiger partial charge in [0.2, 0.25) is 0 Å². The molecule has 0 heterocycles. The van der Waals surface area contributed by atoms with Crippen molar-refractivity contribution >= 4 is 22.2 Å². The summed E-state index contributed by atoms with van der Waals surface area (Å²) in [5.74, 6) is -2.31. The molecule has 1 fully saturated rings. The van der Waals surface area contributed by atoms with Gasteiger partial charge in [-0.1, -0.05) is 0 Å². The van der Waals surface area contributed by atoms with E-state index in [1.54, 1.807) is 0 Å². The predicted octanol–water partition coefficient (Wildman–Crippen LogP) is 1.51. The fourth-order valence-electron chi connectivity index (χ4n) is 1.93. The Labute approximate surface area is 98.9 Å². The smallest absolute Gasteiger partial charge is 0.328 e. The van der Waals surface area contributed by atoms with Crippen molar-refractivity contribution in [2.24, 2.45) is 11.7 Å². The number of alkyl halides is 3. The van der Waals surface area contributed by atoms with Crippen molar-refractivity contribution in [1.82, 2.24) is 0 Å². The third-order valence-corrected chi connectivity index (χ3v) is 4.20. The van der Waals surface area contributed by atoms with Crippen molar-refractivity contribution in [2.75, 3.05) is 11.5 Å². The maximum Gasteiger partial charge on any atom is 0.402 e. The van der Waals surface area contributed by atoms with Gasteiger partial charge in [-0.2, -0.15) is 13.2 Å². The second-order valence-electron chi connectivity index (χ2n) is 4.11. The highest BCUT2D eigenvalue weighted by Crippen LogP contribution is 2.27. The van der Waals surface area contributed by atoms with E-state index in [0.29, 0.717) is 19.3 Å². The van der Waals surface area contributed by atoms with Crippen LogP contribution < -0.4 is 5.73 Å². The lowest BCUT2D eigenvalue weighted by Crippen LogP contribution is -2.27. The van der Waals surface area contributed by atoms with Crippen molar-refractivity contribution in [3.63, 3.8) is 0 Å². The maximum absolute atomic E-state index is 11.9. The van der Waals surface area contributed by atoms with E-state index < -0.39 is 21.8 Å². The van der Waals surface area contributed by atoms with E-state index in [2.05, 4.69) is 0 Å². The van der Waals surface area contributed by atoms with Crippen LogP contribution in [0.5, 0.6) is 0 Å². The summed E-state index contributed by atoms with van der Waals surface area (Å²) < 4.78 is 58.0. The Morgan fingerprint density at radius 1 is 1.25 bits per heavy atom. The molecule has 0 aromatic rings. The molecule has 16 heavy (non-hydrogen) atoms. The first kappa shape index (κ1) is 16.0. The minimum Gasteiger partial charge on any atom is -0.328 e. The molecule has 0 saturated heterocycles. The van der Waals surface area contributed by atoms with Crippen LogP contribution in [0.25, 0.3) is 0 Å². The van der Waals surface area contributed by atoms with E-state index in [1.165, 1.54) is 0 Å². The Hall–Kier alpha value is -0.0100. The van der Waals surface area contributed by atoms with E-state index in [4.69, 9.17) is 5.73 Å². The molecule has 3 nitrogen and oxygen atoms in total. The Bertz CT molecular complexity index is 318. The van der Waals surface area contributed by atoms with Gasteiger partial charge in [-0.25, -0.2) is 8.42 Å². The van der Waals surface area contributed by atoms with Crippen LogP contribution in [0.3, 0.4) is 0 Å². The Morgan fingerprint density at radius 3 is 2.19 bits per heavy atom. The quantitative estimate of drug-likeness (QED) is 0.853. The van der Waals surface area contributed by atoms with E-state index in [9.17, 15) is 21.6 Å². The van der Waals surface area contributed by atoms with Gasteiger partial charge in [-0.15, -0.1) is 12.4 Å². The number of halogens is 4. The van der Waals surface area contributed by atoms with Gasteiger partial charge < -0.3 is 5.73 Å². The molecule has 0 bridgehead atoms.